The highest BCUT2D eigenvalue weighted by Crippen LogP contribution is 2.24. The summed E-state index contributed by atoms with van der Waals surface area (Å²) >= 11 is 0. The number of halogens is 2. The fourth-order valence-corrected chi connectivity index (χ4v) is 1.86. The lowest BCUT2D eigenvalue weighted by Crippen LogP contribution is -2.31. The third-order valence-electron chi connectivity index (χ3n) is 2.84. The van der Waals surface area contributed by atoms with E-state index in [4.69, 9.17) is 15.6 Å². The Labute approximate surface area is 127 Å². The normalized spacial score (nSPS) is 12.8. The SMILES string of the molecule is CC(C)(C)OC(=O)C[C@@H](Cc1ccc(O)c(F)c1F)C(N)=O. The molecule has 0 aliphatic rings. The minimum Gasteiger partial charge on any atom is -0.505 e. The zero-order valence-corrected chi connectivity index (χ0v) is 12.7. The van der Waals surface area contributed by atoms with Crippen molar-refractivity contribution in [1.29, 1.82) is 0 Å². The molecule has 1 rings (SSSR count). The molecule has 0 aliphatic heterocycles. The van der Waals surface area contributed by atoms with E-state index < -0.39 is 40.8 Å². The van der Waals surface area contributed by atoms with Crippen LogP contribution in [0.1, 0.15) is 32.8 Å². The topological polar surface area (TPSA) is 89.6 Å². The van der Waals surface area contributed by atoms with Crippen LogP contribution in [-0.4, -0.2) is 22.6 Å². The molecule has 0 radical (unpaired) electrons. The van der Waals surface area contributed by atoms with E-state index in [2.05, 4.69) is 0 Å². The number of benzene rings is 1. The van der Waals surface area contributed by atoms with Gasteiger partial charge < -0.3 is 15.6 Å². The second-order valence-electron chi connectivity index (χ2n) is 5.97. The highest BCUT2D eigenvalue weighted by Gasteiger charge is 2.26. The predicted octanol–water partition coefficient (Wildman–Crippen LogP) is 2.05. The van der Waals surface area contributed by atoms with Crippen molar-refractivity contribution in [3.05, 3.63) is 29.3 Å². The van der Waals surface area contributed by atoms with Gasteiger partial charge in [0.1, 0.15) is 5.60 Å². The molecular formula is C15H19F2NO4. The molecule has 0 aromatic heterocycles. The number of amides is 1. The van der Waals surface area contributed by atoms with E-state index in [1.807, 2.05) is 0 Å². The van der Waals surface area contributed by atoms with E-state index >= 15 is 0 Å². The molecule has 0 fully saturated rings. The summed E-state index contributed by atoms with van der Waals surface area (Å²) in [5.74, 6) is -6.01. The molecule has 0 saturated heterocycles. The minimum absolute atomic E-state index is 0.150. The van der Waals surface area contributed by atoms with Crippen molar-refractivity contribution in [3.63, 3.8) is 0 Å². The number of hydrogen-bond donors (Lipinski definition) is 2. The van der Waals surface area contributed by atoms with E-state index in [-0.39, 0.29) is 18.4 Å². The van der Waals surface area contributed by atoms with E-state index in [1.54, 1.807) is 20.8 Å². The highest BCUT2D eigenvalue weighted by molar-refractivity contribution is 5.82. The summed E-state index contributed by atoms with van der Waals surface area (Å²) in [5, 5.41) is 9.06. The molecule has 5 nitrogen and oxygen atoms in total. The van der Waals surface area contributed by atoms with Crippen molar-refractivity contribution in [3.8, 4) is 5.75 Å². The molecule has 0 saturated carbocycles. The number of primary amides is 1. The van der Waals surface area contributed by atoms with Gasteiger partial charge in [0, 0.05) is 0 Å². The van der Waals surface area contributed by atoms with Gasteiger partial charge in [-0.15, -0.1) is 0 Å². The van der Waals surface area contributed by atoms with Crippen molar-refractivity contribution >= 4 is 11.9 Å². The van der Waals surface area contributed by atoms with Crippen LogP contribution in [0.15, 0.2) is 12.1 Å². The first-order valence-corrected chi connectivity index (χ1v) is 6.68. The molecule has 122 valence electrons. The average Bonchev–Trinajstić information content (AvgIpc) is 2.36. The van der Waals surface area contributed by atoms with Gasteiger partial charge in [-0.05, 0) is 38.8 Å². The number of nitrogens with two attached hydrogens (primary N) is 1. The van der Waals surface area contributed by atoms with Crippen LogP contribution >= 0.6 is 0 Å². The maximum absolute atomic E-state index is 13.7. The molecule has 0 aliphatic carbocycles. The highest BCUT2D eigenvalue weighted by atomic mass is 19.2. The number of carbonyl (C=O) groups excluding carboxylic acids is 2. The average molecular weight is 315 g/mol. The second-order valence-corrected chi connectivity index (χ2v) is 5.97. The molecule has 1 aromatic carbocycles. The van der Waals surface area contributed by atoms with E-state index in [1.165, 1.54) is 0 Å². The van der Waals surface area contributed by atoms with Crippen molar-refractivity contribution in [2.45, 2.75) is 39.2 Å². The fourth-order valence-electron chi connectivity index (χ4n) is 1.86. The van der Waals surface area contributed by atoms with Gasteiger partial charge in [0.15, 0.2) is 11.6 Å². The lowest BCUT2D eigenvalue weighted by atomic mass is 9.95. The second kappa shape index (κ2) is 6.72. The summed E-state index contributed by atoms with van der Waals surface area (Å²) in [5.41, 5.74) is 4.33. The standard InChI is InChI=1S/C15H19F2NO4/c1-15(2,3)22-11(20)7-9(14(18)21)6-8-4-5-10(19)13(17)12(8)16/h4-5,9,19H,6-7H2,1-3H3,(H2,18,21)/t9-/m1/s1. The van der Waals surface area contributed by atoms with Crippen molar-refractivity contribution in [2.24, 2.45) is 11.7 Å². The Kier molecular flexibility index (Phi) is 5.46. The molecule has 0 spiro atoms. The Hall–Kier alpha value is -2.18. The van der Waals surface area contributed by atoms with Crippen molar-refractivity contribution < 1.29 is 28.2 Å². The predicted molar refractivity (Wildman–Crippen MR) is 74.9 cm³/mol. The summed E-state index contributed by atoms with van der Waals surface area (Å²) < 4.78 is 32.1. The number of aromatic hydroxyl groups is 1. The molecule has 7 heteroatoms. The number of phenols is 1. The molecule has 3 N–H and O–H groups in total. The zero-order chi connectivity index (χ0) is 17.1. The van der Waals surface area contributed by atoms with Gasteiger partial charge in [-0.2, -0.15) is 4.39 Å². The Morgan fingerprint density at radius 1 is 1.27 bits per heavy atom. The van der Waals surface area contributed by atoms with E-state index in [0.717, 1.165) is 12.1 Å². The quantitative estimate of drug-likeness (QED) is 0.814. The van der Waals surface area contributed by atoms with Crippen molar-refractivity contribution in [2.75, 3.05) is 0 Å². The molecular weight excluding hydrogens is 296 g/mol. The lowest BCUT2D eigenvalue weighted by Gasteiger charge is -2.21. The molecule has 1 amide bonds. The smallest absolute Gasteiger partial charge is 0.307 e. The lowest BCUT2D eigenvalue weighted by molar-refractivity contribution is -0.157. The van der Waals surface area contributed by atoms with Gasteiger partial charge in [0.05, 0.1) is 12.3 Å². The zero-order valence-electron chi connectivity index (χ0n) is 12.7. The van der Waals surface area contributed by atoms with E-state index in [9.17, 15) is 18.4 Å². The van der Waals surface area contributed by atoms with Crippen LogP contribution in [0.5, 0.6) is 5.75 Å². The van der Waals surface area contributed by atoms with Crippen LogP contribution in [0.4, 0.5) is 8.78 Å². The molecule has 1 aromatic rings. The Morgan fingerprint density at radius 3 is 2.36 bits per heavy atom. The molecule has 0 heterocycles. The van der Waals surface area contributed by atoms with Gasteiger partial charge in [-0.3, -0.25) is 9.59 Å². The Morgan fingerprint density at radius 2 is 1.86 bits per heavy atom. The molecule has 22 heavy (non-hydrogen) atoms. The monoisotopic (exact) mass is 315 g/mol. The Balaban J connectivity index is 2.88. The van der Waals surface area contributed by atoms with Gasteiger partial charge in [0.2, 0.25) is 11.7 Å². The first-order chi connectivity index (χ1) is 10.0. The third kappa shape index (κ3) is 4.98. The van der Waals surface area contributed by atoms with Crippen LogP contribution in [0.25, 0.3) is 0 Å². The number of phenolic OH excluding ortho intramolecular Hbond substituents is 1. The molecule has 1 atom stereocenters. The summed E-state index contributed by atoms with van der Waals surface area (Å²) in [7, 11) is 0. The van der Waals surface area contributed by atoms with Crippen LogP contribution < -0.4 is 5.73 Å². The maximum atomic E-state index is 13.7. The number of hydrogen-bond acceptors (Lipinski definition) is 4. The minimum atomic E-state index is -1.40. The summed E-state index contributed by atoms with van der Waals surface area (Å²) in [4.78, 5) is 23.1. The summed E-state index contributed by atoms with van der Waals surface area (Å²) in [6.45, 7) is 5.00. The molecule has 0 bridgehead atoms. The largest absolute Gasteiger partial charge is 0.505 e. The number of esters is 1. The first kappa shape index (κ1) is 17.9. The fraction of sp³-hybridized carbons (Fsp3) is 0.467. The van der Waals surface area contributed by atoms with Crippen LogP contribution in [0.3, 0.4) is 0 Å². The maximum Gasteiger partial charge on any atom is 0.307 e. The third-order valence-corrected chi connectivity index (χ3v) is 2.84. The number of ether oxygens (including phenoxy) is 1. The van der Waals surface area contributed by atoms with Gasteiger partial charge in [-0.25, -0.2) is 4.39 Å². The van der Waals surface area contributed by atoms with E-state index in [0.29, 0.717) is 0 Å². The molecule has 0 unspecified atom stereocenters. The van der Waals surface area contributed by atoms with Crippen LogP contribution in [0, 0.1) is 17.6 Å². The van der Waals surface area contributed by atoms with Gasteiger partial charge in [0.25, 0.3) is 0 Å². The van der Waals surface area contributed by atoms with Gasteiger partial charge >= 0.3 is 5.97 Å². The summed E-state index contributed by atoms with van der Waals surface area (Å²) in [6.07, 6.45) is -0.605. The summed E-state index contributed by atoms with van der Waals surface area (Å²) in [6, 6.07) is 2.11. The Bertz CT molecular complexity index is 582. The van der Waals surface area contributed by atoms with Crippen LogP contribution in [-0.2, 0) is 20.7 Å². The van der Waals surface area contributed by atoms with Crippen LogP contribution in [0.2, 0.25) is 0 Å². The van der Waals surface area contributed by atoms with Gasteiger partial charge in [-0.1, -0.05) is 6.07 Å². The first-order valence-electron chi connectivity index (χ1n) is 6.68. The number of carbonyl (C=O) groups is 2. The number of rotatable bonds is 5. The van der Waals surface area contributed by atoms with Crippen molar-refractivity contribution in [1.82, 2.24) is 0 Å².